The first-order valence-corrected chi connectivity index (χ1v) is 6.70. The largest absolute Gasteiger partial charge is 0.478 e. The van der Waals surface area contributed by atoms with Crippen LogP contribution in [0.2, 0.25) is 0 Å². The van der Waals surface area contributed by atoms with E-state index in [1.807, 2.05) is 12.1 Å². The highest BCUT2D eigenvalue weighted by Crippen LogP contribution is 2.15. The van der Waals surface area contributed by atoms with Gasteiger partial charge in [0.25, 0.3) is 5.91 Å². The highest BCUT2D eigenvalue weighted by atomic mass is 16.5. The van der Waals surface area contributed by atoms with E-state index < -0.39 is 5.97 Å². The fraction of sp³-hybridized carbons (Fsp3) is 0.250. The van der Waals surface area contributed by atoms with Crippen molar-refractivity contribution in [3.05, 3.63) is 58.5 Å². The minimum atomic E-state index is -1.05. The summed E-state index contributed by atoms with van der Waals surface area (Å²) in [5.74, 6) is -0.605. The summed E-state index contributed by atoms with van der Waals surface area (Å²) in [7, 11) is 1.56. The number of aryl methyl sites for hydroxylation is 1. The van der Waals surface area contributed by atoms with E-state index in [1.54, 1.807) is 26.2 Å². The Morgan fingerprint density at radius 2 is 2.00 bits per heavy atom. The van der Waals surface area contributed by atoms with Crippen molar-refractivity contribution in [2.45, 2.75) is 20.1 Å². The predicted octanol–water partition coefficient (Wildman–Crippen LogP) is 2.36. The van der Waals surface area contributed by atoms with E-state index in [1.165, 1.54) is 6.07 Å². The number of carbonyl (C=O) groups excluding carboxylic acids is 1. The molecular weight excluding hydrogens is 286 g/mol. The van der Waals surface area contributed by atoms with Gasteiger partial charge in [0.2, 0.25) is 0 Å². The number of carboxylic acid groups (broad SMARTS) is 1. The van der Waals surface area contributed by atoms with Crippen molar-refractivity contribution in [2.24, 2.45) is 0 Å². The van der Waals surface area contributed by atoms with Crippen molar-refractivity contribution >= 4 is 11.9 Å². The van der Waals surface area contributed by atoms with Crippen LogP contribution in [0.25, 0.3) is 0 Å². The Kier molecular flexibility index (Phi) is 4.95. The lowest BCUT2D eigenvalue weighted by molar-refractivity contribution is 0.0694. The van der Waals surface area contributed by atoms with Gasteiger partial charge in [-0.25, -0.2) is 4.79 Å². The van der Waals surface area contributed by atoms with Gasteiger partial charge in [0, 0.05) is 12.7 Å². The molecule has 0 spiro atoms. The second-order valence-electron chi connectivity index (χ2n) is 4.76. The van der Waals surface area contributed by atoms with Crippen molar-refractivity contribution in [2.75, 3.05) is 7.11 Å². The average molecular weight is 303 g/mol. The Morgan fingerprint density at radius 3 is 2.64 bits per heavy atom. The maximum Gasteiger partial charge on any atom is 0.339 e. The third-order valence-corrected chi connectivity index (χ3v) is 3.18. The van der Waals surface area contributed by atoms with Gasteiger partial charge in [-0.05, 0) is 24.6 Å². The molecule has 0 bridgehead atoms. The number of methoxy groups -OCH3 is 1. The molecule has 0 aliphatic rings. The molecule has 116 valence electrons. The molecule has 2 rings (SSSR count). The molecule has 0 radical (unpaired) electrons. The summed E-state index contributed by atoms with van der Waals surface area (Å²) in [5, 5.41) is 11.7. The number of carboxylic acids is 1. The van der Waals surface area contributed by atoms with E-state index in [9.17, 15) is 9.59 Å². The number of nitrogens with one attached hydrogen (secondary N) is 1. The van der Waals surface area contributed by atoms with Gasteiger partial charge in [-0.3, -0.25) is 4.79 Å². The van der Waals surface area contributed by atoms with Gasteiger partial charge in [0.05, 0.1) is 13.2 Å². The minimum Gasteiger partial charge on any atom is -0.478 e. The first-order valence-electron chi connectivity index (χ1n) is 6.70. The van der Waals surface area contributed by atoms with E-state index in [0.717, 1.165) is 5.56 Å². The lowest BCUT2D eigenvalue weighted by Gasteiger charge is -2.08. The van der Waals surface area contributed by atoms with Crippen LogP contribution in [0.1, 0.15) is 37.8 Å². The molecule has 0 saturated heterocycles. The fourth-order valence-corrected chi connectivity index (χ4v) is 2.13. The third kappa shape index (κ3) is 3.53. The van der Waals surface area contributed by atoms with Crippen LogP contribution in [0.15, 0.2) is 34.7 Å². The van der Waals surface area contributed by atoms with Crippen LogP contribution in [0.4, 0.5) is 0 Å². The number of furan rings is 1. The van der Waals surface area contributed by atoms with Crippen molar-refractivity contribution in [1.29, 1.82) is 0 Å². The van der Waals surface area contributed by atoms with Crippen LogP contribution in [0.5, 0.6) is 0 Å². The van der Waals surface area contributed by atoms with Crippen LogP contribution in [0.3, 0.4) is 0 Å². The van der Waals surface area contributed by atoms with Crippen LogP contribution in [-0.2, 0) is 17.9 Å². The Balaban J connectivity index is 2.07. The summed E-state index contributed by atoms with van der Waals surface area (Å²) in [6, 6.07) is 8.55. The van der Waals surface area contributed by atoms with Crippen molar-refractivity contribution in [3.63, 3.8) is 0 Å². The van der Waals surface area contributed by atoms with Crippen molar-refractivity contribution < 1.29 is 23.8 Å². The Morgan fingerprint density at radius 1 is 1.27 bits per heavy atom. The van der Waals surface area contributed by atoms with Crippen LogP contribution >= 0.6 is 0 Å². The monoisotopic (exact) mass is 303 g/mol. The van der Waals surface area contributed by atoms with E-state index in [-0.39, 0.29) is 18.0 Å². The normalized spacial score (nSPS) is 10.5. The van der Waals surface area contributed by atoms with E-state index in [0.29, 0.717) is 23.7 Å². The summed E-state index contributed by atoms with van der Waals surface area (Å²) in [6.07, 6.45) is 0. The van der Waals surface area contributed by atoms with Crippen LogP contribution in [-0.4, -0.2) is 24.1 Å². The van der Waals surface area contributed by atoms with Gasteiger partial charge < -0.3 is 19.6 Å². The first kappa shape index (κ1) is 15.8. The lowest BCUT2D eigenvalue weighted by atomic mass is 10.1. The second-order valence-corrected chi connectivity index (χ2v) is 4.76. The van der Waals surface area contributed by atoms with Crippen LogP contribution < -0.4 is 5.32 Å². The smallest absolute Gasteiger partial charge is 0.339 e. The van der Waals surface area contributed by atoms with Crippen molar-refractivity contribution in [1.82, 2.24) is 5.32 Å². The van der Waals surface area contributed by atoms with Gasteiger partial charge >= 0.3 is 5.97 Å². The van der Waals surface area contributed by atoms with Gasteiger partial charge in [0.1, 0.15) is 17.1 Å². The zero-order valence-corrected chi connectivity index (χ0v) is 12.4. The molecule has 0 fully saturated rings. The molecule has 0 aliphatic heterocycles. The topological polar surface area (TPSA) is 88.8 Å². The fourth-order valence-electron chi connectivity index (χ4n) is 2.13. The maximum atomic E-state index is 12.2. The quantitative estimate of drug-likeness (QED) is 0.855. The van der Waals surface area contributed by atoms with Gasteiger partial charge in [-0.15, -0.1) is 0 Å². The number of hydrogen-bond donors (Lipinski definition) is 2. The highest BCUT2D eigenvalue weighted by molar-refractivity contribution is 5.95. The maximum absolute atomic E-state index is 12.2. The zero-order chi connectivity index (χ0) is 16.1. The summed E-state index contributed by atoms with van der Waals surface area (Å²) in [4.78, 5) is 23.2. The third-order valence-electron chi connectivity index (χ3n) is 3.18. The summed E-state index contributed by atoms with van der Waals surface area (Å²) >= 11 is 0. The van der Waals surface area contributed by atoms with E-state index in [4.69, 9.17) is 14.3 Å². The van der Waals surface area contributed by atoms with E-state index >= 15 is 0 Å². The number of hydrogen-bond acceptors (Lipinski definition) is 4. The molecule has 2 aromatic rings. The Bertz CT molecular complexity index is 690. The molecule has 0 saturated carbocycles. The summed E-state index contributed by atoms with van der Waals surface area (Å²) in [5.41, 5.74) is 1.40. The molecule has 6 nitrogen and oxygen atoms in total. The number of carbonyl (C=O) groups is 2. The molecule has 0 aliphatic carbocycles. The molecule has 6 heteroatoms. The predicted molar refractivity (Wildman–Crippen MR) is 78.7 cm³/mol. The molecule has 1 heterocycles. The van der Waals surface area contributed by atoms with Gasteiger partial charge in [-0.2, -0.15) is 0 Å². The molecular formula is C16H17NO5. The Labute approximate surface area is 127 Å². The first-order chi connectivity index (χ1) is 10.5. The molecule has 0 atom stereocenters. The standard InChI is InChI=1S/C16H17NO5/c1-10-14(16(19)20)7-12(22-10)8-17-15(18)13-6-4-3-5-11(13)9-21-2/h3-7H,8-9H2,1-2H3,(H,17,18)(H,19,20). The number of benzene rings is 1. The zero-order valence-electron chi connectivity index (χ0n) is 12.4. The molecule has 1 aromatic heterocycles. The minimum absolute atomic E-state index is 0.101. The van der Waals surface area contributed by atoms with E-state index in [2.05, 4.69) is 5.32 Å². The highest BCUT2D eigenvalue weighted by Gasteiger charge is 2.15. The second kappa shape index (κ2) is 6.91. The van der Waals surface area contributed by atoms with Crippen molar-refractivity contribution in [3.8, 4) is 0 Å². The number of amides is 1. The van der Waals surface area contributed by atoms with Gasteiger partial charge in [0.15, 0.2) is 0 Å². The molecule has 1 amide bonds. The summed E-state index contributed by atoms with van der Waals surface area (Å²) in [6.45, 7) is 2.03. The molecule has 2 N–H and O–H groups in total. The SMILES string of the molecule is COCc1ccccc1C(=O)NCc1cc(C(=O)O)c(C)o1. The number of ether oxygens (including phenoxy) is 1. The van der Waals surface area contributed by atoms with Crippen LogP contribution in [0, 0.1) is 6.92 Å². The van der Waals surface area contributed by atoms with Gasteiger partial charge in [-0.1, -0.05) is 18.2 Å². The lowest BCUT2D eigenvalue weighted by Crippen LogP contribution is -2.23. The molecule has 22 heavy (non-hydrogen) atoms. The summed E-state index contributed by atoms with van der Waals surface area (Å²) < 4.78 is 10.4. The molecule has 0 unspecified atom stereocenters. The Hall–Kier alpha value is -2.60. The molecule has 1 aromatic carbocycles. The number of rotatable bonds is 6. The average Bonchev–Trinajstić information content (AvgIpc) is 2.87. The number of aromatic carboxylic acids is 1.